The van der Waals surface area contributed by atoms with Crippen molar-refractivity contribution in [1.29, 1.82) is 0 Å². The molecular weight excluding hydrogens is 466 g/mol. The van der Waals surface area contributed by atoms with Crippen LogP contribution in [0.25, 0.3) is 6.08 Å². The van der Waals surface area contributed by atoms with E-state index in [1.807, 2.05) is 36.4 Å². The molecule has 1 amide bonds. The lowest BCUT2D eigenvalue weighted by Crippen LogP contribution is -2.27. The van der Waals surface area contributed by atoms with E-state index in [-0.39, 0.29) is 11.3 Å². The number of rotatable bonds is 10. The van der Waals surface area contributed by atoms with Crippen LogP contribution in [0.15, 0.2) is 60.0 Å². The van der Waals surface area contributed by atoms with Crippen molar-refractivity contribution in [2.24, 2.45) is 0 Å². The third kappa shape index (κ3) is 6.64. The highest BCUT2D eigenvalue weighted by molar-refractivity contribution is 8.26. The summed E-state index contributed by atoms with van der Waals surface area (Å²) < 4.78 is 17.8. The Bertz CT molecular complexity index is 1070. The second-order valence-electron chi connectivity index (χ2n) is 8.82. The smallest absolute Gasteiger partial charge is 0.266 e. The lowest BCUT2D eigenvalue weighted by atomic mass is 9.87. The Labute approximate surface area is 211 Å². The molecule has 7 heteroatoms. The maximum atomic E-state index is 12.5. The van der Waals surface area contributed by atoms with E-state index in [4.69, 9.17) is 26.4 Å². The Kier molecular flexibility index (Phi) is 8.80. The minimum atomic E-state index is -0.109. The zero-order chi connectivity index (χ0) is 24.7. The number of nitrogens with zero attached hydrogens (tertiary/aromatic N) is 1. The first-order chi connectivity index (χ1) is 16.2. The molecular formula is C27H31NO4S2. The molecule has 1 saturated heterocycles. The molecule has 0 aliphatic carbocycles. The molecule has 180 valence electrons. The fraction of sp³-hybridized carbons (Fsp3) is 0.333. The molecule has 0 spiro atoms. The van der Waals surface area contributed by atoms with E-state index in [1.54, 1.807) is 13.2 Å². The van der Waals surface area contributed by atoms with Crippen LogP contribution in [0.3, 0.4) is 0 Å². The Balaban J connectivity index is 1.53. The van der Waals surface area contributed by atoms with Crippen LogP contribution in [0.4, 0.5) is 0 Å². The summed E-state index contributed by atoms with van der Waals surface area (Å²) in [5, 5.41) is 0. The van der Waals surface area contributed by atoms with Gasteiger partial charge in [-0.3, -0.25) is 9.69 Å². The van der Waals surface area contributed by atoms with Crippen molar-refractivity contribution in [3.05, 3.63) is 71.2 Å². The van der Waals surface area contributed by atoms with Crippen molar-refractivity contribution in [2.45, 2.75) is 32.6 Å². The van der Waals surface area contributed by atoms with Gasteiger partial charge in [-0.1, -0.05) is 69.0 Å². The second-order valence-corrected chi connectivity index (χ2v) is 10.5. The Morgan fingerprint density at radius 1 is 1.06 bits per heavy atom. The fourth-order valence-corrected chi connectivity index (χ4v) is 4.59. The van der Waals surface area contributed by atoms with Crippen LogP contribution in [-0.4, -0.2) is 42.0 Å². The van der Waals surface area contributed by atoms with Gasteiger partial charge in [-0.05, 0) is 46.9 Å². The van der Waals surface area contributed by atoms with E-state index in [0.29, 0.717) is 40.5 Å². The lowest BCUT2D eigenvalue weighted by molar-refractivity contribution is -0.121. The zero-order valence-corrected chi connectivity index (χ0v) is 21.8. The molecule has 1 aliphatic heterocycles. The molecule has 34 heavy (non-hydrogen) atoms. The third-order valence-electron chi connectivity index (χ3n) is 5.21. The molecule has 5 nitrogen and oxygen atoms in total. The summed E-state index contributed by atoms with van der Waals surface area (Å²) in [5.74, 6) is 2.00. The molecule has 0 N–H and O–H groups in total. The predicted molar refractivity (Wildman–Crippen MR) is 144 cm³/mol. The second kappa shape index (κ2) is 11.6. The molecule has 2 aromatic rings. The number of ether oxygens (including phenoxy) is 3. The summed E-state index contributed by atoms with van der Waals surface area (Å²) in [6.07, 6.45) is 4.21. The van der Waals surface area contributed by atoms with Crippen LogP contribution >= 0.6 is 24.0 Å². The van der Waals surface area contributed by atoms with Crippen molar-refractivity contribution in [2.75, 3.05) is 26.9 Å². The SMILES string of the molecule is C=CCN1C(=O)C(=Cc2ccc(OCCCOc3ccc(C(C)(C)C)cc3)c(OC)c2)SC1=S. The van der Waals surface area contributed by atoms with Gasteiger partial charge in [0, 0.05) is 13.0 Å². The summed E-state index contributed by atoms with van der Waals surface area (Å²) in [6, 6.07) is 13.8. The van der Waals surface area contributed by atoms with Gasteiger partial charge in [0.15, 0.2) is 11.5 Å². The number of carbonyl (C=O) groups excluding carboxylic acids is 1. The largest absolute Gasteiger partial charge is 0.493 e. The predicted octanol–water partition coefficient (Wildman–Crippen LogP) is 6.23. The summed E-state index contributed by atoms with van der Waals surface area (Å²) >= 11 is 6.58. The van der Waals surface area contributed by atoms with Gasteiger partial charge in [-0.25, -0.2) is 0 Å². The molecule has 0 aromatic heterocycles. The fourth-order valence-electron chi connectivity index (χ4n) is 3.31. The molecule has 0 atom stereocenters. The topological polar surface area (TPSA) is 48.0 Å². The van der Waals surface area contributed by atoms with E-state index < -0.39 is 0 Å². The number of thioether (sulfide) groups is 1. The van der Waals surface area contributed by atoms with Crippen molar-refractivity contribution in [3.63, 3.8) is 0 Å². The summed E-state index contributed by atoms with van der Waals surface area (Å²) in [5.41, 5.74) is 2.24. The van der Waals surface area contributed by atoms with Gasteiger partial charge >= 0.3 is 0 Å². The number of hydrogen-bond acceptors (Lipinski definition) is 6. The van der Waals surface area contributed by atoms with Crippen LogP contribution in [-0.2, 0) is 10.2 Å². The number of carbonyl (C=O) groups is 1. The Morgan fingerprint density at radius 3 is 2.41 bits per heavy atom. The molecule has 2 aromatic carbocycles. The quantitative estimate of drug-likeness (QED) is 0.168. The van der Waals surface area contributed by atoms with Gasteiger partial charge < -0.3 is 14.2 Å². The summed E-state index contributed by atoms with van der Waals surface area (Å²) in [7, 11) is 1.60. The van der Waals surface area contributed by atoms with Crippen molar-refractivity contribution >= 4 is 40.3 Å². The number of benzene rings is 2. The normalized spacial score (nSPS) is 15.1. The summed E-state index contributed by atoms with van der Waals surface area (Å²) in [4.78, 5) is 14.6. The van der Waals surface area contributed by atoms with Crippen LogP contribution in [0, 0.1) is 0 Å². The monoisotopic (exact) mass is 497 g/mol. The number of amides is 1. The number of methoxy groups -OCH3 is 1. The molecule has 1 aliphatic rings. The average molecular weight is 498 g/mol. The van der Waals surface area contributed by atoms with Crippen molar-refractivity contribution in [1.82, 2.24) is 4.90 Å². The highest BCUT2D eigenvalue weighted by atomic mass is 32.2. The van der Waals surface area contributed by atoms with E-state index in [1.165, 1.54) is 22.2 Å². The minimum absolute atomic E-state index is 0.109. The van der Waals surface area contributed by atoms with Crippen LogP contribution in [0.1, 0.15) is 38.3 Å². The maximum Gasteiger partial charge on any atom is 0.266 e. The zero-order valence-electron chi connectivity index (χ0n) is 20.1. The van der Waals surface area contributed by atoms with E-state index >= 15 is 0 Å². The van der Waals surface area contributed by atoms with Crippen LogP contribution in [0.2, 0.25) is 0 Å². The Morgan fingerprint density at radius 2 is 1.76 bits per heavy atom. The van der Waals surface area contributed by atoms with Gasteiger partial charge in [0.1, 0.15) is 10.1 Å². The first kappa shape index (κ1) is 25.8. The Hall–Kier alpha value is -2.77. The summed E-state index contributed by atoms with van der Waals surface area (Å²) in [6.45, 7) is 11.7. The highest BCUT2D eigenvalue weighted by Gasteiger charge is 2.31. The first-order valence-corrected chi connectivity index (χ1v) is 12.4. The standard InChI is InChI=1S/C27H31NO4S2/c1-6-14-28-25(29)24(34-26(28)33)18-19-8-13-22(23(17-19)30-5)32-16-7-15-31-21-11-9-20(10-12-21)27(2,3)4/h6,8-13,17-18H,1,7,14-16H2,2-5H3. The van der Waals surface area contributed by atoms with Crippen LogP contribution < -0.4 is 14.2 Å². The molecule has 0 radical (unpaired) electrons. The average Bonchev–Trinajstić information content (AvgIpc) is 3.07. The van der Waals surface area contributed by atoms with Crippen LogP contribution in [0.5, 0.6) is 17.2 Å². The number of thiocarbonyl (C=S) groups is 1. The number of hydrogen-bond donors (Lipinski definition) is 0. The lowest BCUT2D eigenvalue weighted by Gasteiger charge is -2.19. The highest BCUT2D eigenvalue weighted by Crippen LogP contribution is 2.34. The van der Waals surface area contributed by atoms with Gasteiger partial charge in [-0.15, -0.1) is 6.58 Å². The third-order valence-corrected chi connectivity index (χ3v) is 6.58. The maximum absolute atomic E-state index is 12.5. The van der Waals surface area contributed by atoms with Crippen molar-refractivity contribution < 1.29 is 19.0 Å². The van der Waals surface area contributed by atoms with Gasteiger partial charge in [0.25, 0.3) is 5.91 Å². The molecule has 1 heterocycles. The van der Waals surface area contributed by atoms with Gasteiger partial charge in [0.05, 0.1) is 25.2 Å². The van der Waals surface area contributed by atoms with E-state index in [2.05, 4.69) is 39.5 Å². The molecule has 0 saturated carbocycles. The molecule has 3 rings (SSSR count). The van der Waals surface area contributed by atoms with Gasteiger partial charge in [-0.2, -0.15) is 0 Å². The van der Waals surface area contributed by atoms with E-state index in [0.717, 1.165) is 17.7 Å². The molecule has 1 fully saturated rings. The molecule has 0 unspecified atom stereocenters. The van der Waals surface area contributed by atoms with E-state index in [9.17, 15) is 4.79 Å². The first-order valence-electron chi connectivity index (χ1n) is 11.1. The van der Waals surface area contributed by atoms with Crippen molar-refractivity contribution in [3.8, 4) is 17.2 Å². The molecule has 0 bridgehead atoms. The van der Waals surface area contributed by atoms with Gasteiger partial charge in [0.2, 0.25) is 0 Å². The minimum Gasteiger partial charge on any atom is -0.493 e.